The summed E-state index contributed by atoms with van der Waals surface area (Å²) in [5.41, 5.74) is 2.51. The van der Waals surface area contributed by atoms with E-state index in [1.807, 2.05) is 12.1 Å². The fourth-order valence-electron chi connectivity index (χ4n) is 5.38. The number of rotatable bonds is 7. The van der Waals surface area contributed by atoms with Crippen LogP contribution in [0.15, 0.2) is 54.6 Å². The summed E-state index contributed by atoms with van der Waals surface area (Å²) in [5.74, 6) is 1.96. The molecule has 1 aromatic heterocycles. The van der Waals surface area contributed by atoms with Crippen LogP contribution in [-0.4, -0.2) is 63.3 Å². The molecule has 1 saturated heterocycles. The van der Waals surface area contributed by atoms with Crippen LogP contribution in [0.4, 0.5) is 0 Å². The van der Waals surface area contributed by atoms with E-state index in [-0.39, 0.29) is 6.04 Å². The van der Waals surface area contributed by atoms with E-state index in [9.17, 15) is 0 Å². The van der Waals surface area contributed by atoms with E-state index >= 15 is 0 Å². The van der Waals surface area contributed by atoms with E-state index in [2.05, 4.69) is 72.5 Å². The molecule has 2 fully saturated rings. The Morgan fingerprint density at radius 1 is 0.909 bits per heavy atom. The quantitative estimate of drug-likeness (QED) is 0.545. The van der Waals surface area contributed by atoms with Crippen molar-refractivity contribution >= 4 is 0 Å². The Morgan fingerprint density at radius 2 is 1.64 bits per heavy atom. The van der Waals surface area contributed by atoms with Crippen molar-refractivity contribution in [1.82, 2.24) is 30.0 Å². The fourth-order valence-corrected chi connectivity index (χ4v) is 5.38. The summed E-state index contributed by atoms with van der Waals surface area (Å²) in [6.45, 7) is 4.88. The fraction of sp³-hybridized carbons (Fsp3) is 0.500. The average molecular weight is 447 g/mol. The van der Waals surface area contributed by atoms with Crippen molar-refractivity contribution < 1.29 is 4.74 Å². The molecule has 174 valence electrons. The van der Waals surface area contributed by atoms with E-state index in [1.165, 1.54) is 43.2 Å². The van der Waals surface area contributed by atoms with Crippen molar-refractivity contribution in [3.63, 3.8) is 0 Å². The van der Waals surface area contributed by atoms with Gasteiger partial charge in [-0.1, -0.05) is 67.8 Å². The zero-order valence-corrected chi connectivity index (χ0v) is 19.5. The van der Waals surface area contributed by atoms with Crippen molar-refractivity contribution in [3.05, 3.63) is 71.5 Å². The van der Waals surface area contributed by atoms with Crippen LogP contribution in [0.5, 0.6) is 5.75 Å². The number of methoxy groups -OCH3 is 1. The van der Waals surface area contributed by atoms with Crippen LogP contribution in [0, 0.1) is 0 Å². The molecule has 2 aliphatic rings. The lowest BCUT2D eigenvalue weighted by Crippen LogP contribution is -2.48. The molecule has 0 bridgehead atoms. The maximum Gasteiger partial charge on any atom is 0.173 e. The smallest absolute Gasteiger partial charge is 0.173 e. The molecule has 0 radical (unpaired) electrons. The van der Waals surface area contributed by atoms with Crippen molar-refractivity contribution in [3.8, 4) is 5.75 Å². The number of ether oxygens (including phenoxy) is 1. The Hall–Kier alpha value is -2.77. The van der Waals surface area contributed by atoms with Crippen molar-refractivity contribution in [1.29, 1.82) is 0 Å². The number of aromatic nitrogens is 4. The summed E-state index contributed by atoms with van der Waals surface area (Å²) < 4.78 is 7.70. The zero-order chi connectivity index (χ0) is 22.5. The summed E-state index contributed by atoms with van der Waals surface area (Å²) >= 11 is 0. The first-order valence-electron chi connectivity index (χ1n) is 12.2. The summed E-state index contributed by atoms with van der Waals surface area (Å²) in [5, 5.41) is 13.2. The van der Waals surface area contributed by atoms with Crippen LogP contribution >= 0.6 is 0 Å². The topological polar surface area (TPSA) is 59.3 Å². The second kappa shape index (κ2) is 10.4. The molecule has 2 aromatic carbocycles. The van der Waals surface area contributed by atoms with Gasteiger partial charge in [-0.2, -0.15) is 0 Å². The van der Waals surface area contributed by atoms with Gasteiger partial charge in [0.1, 0.15) is 5.75 Å². The third-order valence-electron chi connectivity index (χ3n) is 7.16. The highest BCUT2D eigenvalue weighted by atomic mass is 16.5. The minimum atomic E-state index is 0.0801. The number of para-hydroxylation sites is 1. The van der Waals surface area contributed by atoms with Crippen molar-refractivity contribution in [2.75, 3.05) is 33.3 Å². The van der Waals surface area contributed by atoms with Gasteiger partial charge in [0.25, 0.3) is 0 Å². The van der Waals surface area contributed by atoms with Gasteiger partial charge in [0.2, 0.25) is 0 Å². The maximum atomic E-state index is 5.56. The maximum absolute atomic E-state index is 5.56. The molecule has 0 amide bonds. The number of piperazine rings is 1. The minimum Gasteiger partial charge on any atom is -0.496 e. The Kier molecular flexibility index (Phi) is 6.98. The molecule has 1 aliphatic carbocycles. The van der Waals surface area contributed by atoms with Crippen molar-refractivity contribution in [2.24, 2.45) is 0 Å². The largest absolute Gasteiger partial charge is 0.496 e. The minimum absolute atomic E-state index is 0.0801. The van der Waals surface area contributed by atoms with Gasteiger partial charge in [0.15, 0.2) is 5.82 Å². The van der Waals surface area contributed by atoms with Gasteiger partial charge in [-0.3, -0.25) is 9.80 Å². The molecule has 33 heavy (non-hydrogen) atoms. The van der Waals surface area contributed by atoms with Crippen LogP contribution in [0.1, 0.15) is 61.1 Å². The number of benzene rings is 2. The highest BCUT2D eigenvalue weighted by molar-refractivity contribution is 5.33. The SMILES string of the molecule is COc1ccccc1CN1CCN([C@H](c2ccccc2)c2nnnn2C2CCCCC2)CC1. The molecule has 5 rings (SSSR count). The zero-order valence-electron chi connectivity index (χ0n) is 19.5. The molecule has 3 aromatic rings. The van der Waals surface area contributed by atoms with Crippen LogP contribution < -0.4 is 4.74 Å². The first kappa shape index (κ1) is 22.0. The molecule has 7 nitrogen and oxygen atoms in total. The lowest BCUT2D eigenvalue weighted by molar-refractivity contribution is 0.0981. The Labute approximate surface area is 196 Å². The molecule has 2 heterocycles. The van der Waals surface area contributed by atoms with Crippen LogP contribution in [-0.2, 0) is 6.54 Å². The van der Waals surface area contributed by atoms with E-state index in [1.54, 1.807) is 7.11 Å². The van der Waals surface area contributed by atoms with E-state index in [0.29, 0.717) is 6.04 Å². The predicted octanol–water partition coefficient (Wildman–Crippen LogP) is 4.09. The number of hydrogen-bond donors (Lipinski definition) is 0. The molecular formula is C26H34N6O. The van der Waals surface area contributed by atoms with Gasteiger partial charge >= 0.3 is 0 Å². The first-order valence-corrected chi connectivity index (χ1v) is 12.2. The van der Waals surface area contributed by atoms with Crippen LogP contribution in [0.25, 0.3) is 0 Å². The predicted molar refractivity (Wildman–Crippen MR) is 128 cm³/mol. The number of hydrogen-bond acceptors (Lipinski definition) is 6. The summed E-state index contributed by atoms with van der Waals surface area (Å²) in [7, 11) is 1.75. The first-order chi connectivity index (χ1) is 16.3. The molecule has 0 N–H and O–H groups in total. The second-order valence-electron chi connectivity index (χ2n) is 9.21. The van der Waals surface area contributed by atoms with E-state index < -0.39 is 0 Å². The highest BCUT2D eigenvalue weighted by Crippen LogP contribution is 2.33. The van der Waals surface area contributed by atoms with Gasteiger partial charge in [-0.15, -0.1) is 5.10 Å². The highest BCUT2D eigenvalue weighted by Gasteiger charge is 2.32. The molecule has 1 aliphatic heterocycles. The van der Waals surface area contributed by atoms with Gasteiger partial charge in [-0.25, -0.2) is 4.68 Å². The van der Waals surface area contributed by atoms with Crippen LogP contribution in [0.3, 0.4) is 0 Å². The lowest BCUT2D eigenvalue weighted by atomic mass is 9.95. The van der Waals surface area contributed by atoms with Gasteiger partial charge in [0, 0.05) is 38.3 Å². The Balaban J connectivity index is 1.35. The van der Waals surface area contributed by atoms with Gasteiger partial charge < -0.3 is 4.74 Å². The third kappa shape index (κ3) is 4.94. The van der Waals surface area contributed by atoms with E-state index in [0.717, 1.165) is 44.3 Å². The van der Waals surface area contributed by atoms with Gasteiger partial charge in [-0.05, 0) is 34.9 Å². The average Bonchev–Trinajstić information content (AvgIpc) is 3.36. The molecule has 0 unspecified atom stereocenters. The summed E-state index contributed by atoms with van der Waals surface area (Å²) in [6, 6.07) is 19.6. The van der Waals surface area contributed by atoms with Gasteiger partial charge in [0.05, 0.1) is 19.2 Å². The molecule has 1 saturated carbocycles. The molecule has 0 spiro atoms. The summed E-state index contributed by atoms with van der Waals surface area (Å²) in [6.07, 6.45) is 6.20. The standard InChI is InChI=1S/C26H34N6O/c1-33-24-15-9-8-12-22(24)20-30-16-18-31(19-17-30)25(21-10-4-2-5-11-21)26-27-28-29-32(26)23-13-6-3-7-14-23/h2,4-5,8-12,15,23,25H,3,6-7,13-14,16-20H2,1H3/t25-/m1/s1. The number of tetrazole rings is 1. The van der Waals surface area contributed by atoms with Crippen LogP contribution in [0.2, 0.25) is 0 Å². The van der Waals surface area contributed by atoms with E-state index in [4.69, 9.17) is 4.74 Å². The van der Waals surface area contributed by atoms with Crippen molar-refractivity contribution in [2.45, 2.75) is 50.7 Å². The normalized spacial score (nSPS) is 19.4. The molecular weight excluding hydrogens is 412 g/mol. The lowest BCUT2D eigenvalue weighted by Gasteiger charge is -2.39. The summed E-state index contributed by atoms with van der Waals surface area (Å²) in [4.78, 5) is 5.07. The molecule has 1 atom stereocenters. The Morgan fingerprint density at radius 3 is 2.39 bits per heavy atom. The number of nitrogens with zero attached hydrogens (tertiary/aromatic N) is 6. The molecule has 7 heteroatoms. The second-order valence-corrected chi connectivity index (χ2v) is 9.21. The Bertz CT molecular complexity index is 1010. The monoisotopic (exact) mass is 446 g/mol. The third-order valence-corrected chi connectivity index (χ3v) is 7.16.